The molecule has 0 unspecified atom stereocenters. The highest BCUT2D eigenvalue weighted by Crippen LogP contribution is 2.60. The second-order valence-electron chi connectivity index (χ2n) is 5.42. The third-order valence-corrected chi connectivity index (χ3v) is 5.55. The zero-order chi connectivity index (χ0) is 16.9. The van der Waals surface area contributed by atoms with Gasteiger partial charge in [-0.2, -0.15) is 0 Å². The number of nitrogens with one attached hydrogen (secondary N) is 1. The highest BCUT2D eigenvalue weighted by molar-refractivity contribution is 7.71. The maximum absolute atomic E-state index is 14.4. The van der Waals surface area contributed by atoms with Crippen molar-refractivity contribution in [2.24, 2.45) is 0 Å². The van der Waals surface area contributed by atoms with E-state index in [1.807, 2.05) is 11.4 Å². The third kappa shape index (κ3) is 2.50. The fourth-order valence-electron chi connectivity index (χ4n) is 2.85. The van der Waals surface area contributed by atoms with Crippen molar-refractivity contribution >= 4 is 35.2 Å². The average molecular weight is 386 g/mol. The van der Waals surface area contributed by atoms with Gasteiger partial charge < -0.3 is 4.74 Å². The predicted molar refractivity (Wildman–Crippen MR) is 88.6 cm³/mol. The van der Waals surface area contributed by atoms with Crippen LogP contribution in [0.15, 0.2) is 36.0 Å². The second kappa shape index (κ2) is 5.73. The van der Waals surface area contributed by atoms with Crippen molar-refractivity contribution in [1.82, 2.24) is 14.8 Å². The smallest absolute Gasteiger partial charge is 0.215 e. The molecule has 0 bridgehead atoms. The molecule has 1 aliphatic rings. The van der Waals surface area contributed by atoms with Crippen molar-refractivity contribution < 1.29 is 13.5 Å². The van der Waals surface area contributed by atoms with Gasteiger partial charge in [0.1, 0.15) is 29.7 Å². The van der Waals surface area contributed by atoms with E-state index < -0.39 is 23.3 Å². The summed E-state index contributed by atoms with van der Waals surface area (Å²) >= 11 is 12.7. The highest BCUT2D eigenvalue weighted by Gasteiger charge is 2.61. The first-order valence-corrected chi connectivity index (χ1v) is 8.64. The van der Waals surface area contributed by atoms with Gasteiger partial charge in [-0.25, -0.2) is 13.8 Å². The zero-order valence-corrected chi connectivity index (χ0v) is 14.4. The van der Waals surface area contributed by atoms with Crippen molar-refractivity contribution in [3.8, 4) is 0 Å². The summed E-state index contributed by atoms with van der Waals surface area (Å²) in [6, 6.07) is 5.29. The lowest BCUT2D eigenvalue weighted by molar-refractivity contribution is 0.255. The molecule has 1 N–H and O–H groups in total. The number of aromatic amines is 1. The quantitative estimate of drug-likeness (QED) is 0.527. The lowest BCUT2D eigenvalue weighted by Gasteiger charge is -2.15. The average Bonchev–Trinajstić information content (AvgIpc) is 2.84. The first-order chi connectivity index (χ1) is 11.5. The first-order valence-electron chi connectivity index (χ1n) is 6.98. The van der Waals surface area contributed by atoms with Gasteiger partial charge in [-0.3, -0.25) is 9.78 Å². The molecular weight excluding hydrogens is 376 g/mol. The van der Waals surface area contributed by atoms with Crippen molar-refractivity contribution in [3.05, 3.63) is 67.8 Å². The van der Waals surface area contributed by atoms with E-state index in [1.54, 1.807) is 4.68 Å². The summed E-state index contributed by atoms with van der Waals surface area (Å²) in [6.07, 6.45) is 1.01. The van der Waals surface area contributed by atoms with Crippen molar-refractivity contribution in [2.75, 3.05) is 0 Å². The molecule has 3 heterocycles. The van der Waals surface area contributed by atoms with Crippen LogP contribution in [0.25, 0.3) is 0 Å². The summed E-state index contributed by atoms with van der Waals surface area (Å²) in [4.78, 5) is 3.95. The van der Waals surface area contributed by atoms with Gasteiger partial charge in [-0.1, -0.05) is 17.7 Å². The Hall–Kier alpha value is -1.61. The Bertz CT molecular complexity index is 970. The van der Waals surface area contributed by atoms with Crippen LogP contribution >= 0.6 is 35.2 Å². The largest absolute Gasteiger partial charge is 0.354 e. The van der Waals surface area contributed by atoms with Crippen LogP contribution in [0.3, 0.4) is 0 Å². The lowest BCUT2D eigenvalue weighted by atomic mass is 9.92. The molecule has 4 rings (SSSR count). The minimum atomic E-state index is -1.02. The van der Waals surface area contributed by atoms with Gasteiger partial charge in [0.15, 0.2) is 0 Å². The molecule has 0 saturated carbocycles. The van der Waals surface area contributed by atoms with E-state index in [0.29, 0.717) is 9.11 Å². The van der Waals surface area contributed by atoms with Gasteiger partial charge in [0.05, 0.1) is 10.9 Å². The van der Waals surface area contributed by atoms with Crippen molar-refractivity contribution in [3.63, 3.8) is 0 Å². The van der Waals surface area contributed by atoms with Crippen LogP contribution in [-0.4, -0.2) is 14.8 Å². The molecular formula is C15H10ClF2N3OS2. The number of hydrogen-bond acceptors (Lipinski definition) is 4. The Morgan fingerprint density at radius 2 is 2.25 bits per heavy atom. The molecule has 1 saturated heterocycles. The number of rotatable bonds is 4. The number of benzene rings is 1. The highest BCUT2D eigenvalue weighted by atomic mass is 35.5. The van der Waals surface area contributed by atoms with E-state index in [9.17, 15) is 8.78 Å². The number of aromatic nitrogens is 3. The van der Waals surface area contributed by atoms with Gasteiger partial charge in [-0.05, 0) is 29.7 Å². The number of nitrogens with zero attached hydrogens (tertiary/aromatic N) is 2. The van der Waals surface area contributed by atoms with Gasteiger partial charge in [0, 0.05) is 17.2 Å². The van der Waals surface area contributed by atoms with E-state index in [2.05, 4.69) is 10.1 Å². The second-order valence-corrected chi connectivity index (χ2v) is 7.30. The third-order valence-electron chi connectivity index (χ3n) is 4.02. The van der Waals surface area contributed by atoms with Crippen LogP contribution in [0.1, 0.15) is 17.2 Å². The number of thiophene rings is 1. The van der Waals surface area contributed by atoms with Crippen molar-refractivity contribution in [1.29, 1.82) is 0 Å². The molecule has 0 radical (unpaired) electrons. The number of halogens is 3. The van der Waals surface area contributed by atoms with Gasteiger partial charge >= 0.3 is 0 Å². The lowest BCUT2D eigenvalue weighted by Crippen LogP contribution is -2.21. The number of hydrogen-bond donors (Lipinski definition) is 1. The predicted octanol–water partition coefficient (Wildman–Crippen LogP) is 4.60. The molecule has 24 heavy (non-hydrogen) atoms. The number of ether oxygens (including phenoxy) is 1. The zero-order valence-electron chi connectivity index (χ0n) is 12.0. The van der Waals surface area contributed by atoms with E-state index >= 15 is 0 Å². The van der Waals surface area contributed by atoms with Gasteiger partial charge in [0.25, 0.3) is 0 Å². The van der Waals surface area contributed by atoms with Crippen LogP contribution in [0, 0.1) is 16.4 Å². The minimum Gasteiger partial charge on any atom is -0.354 e. The summed E-state index contributed by atoms with van der Waals surface area (Å²) in [7, 11) is 0. The van der Waals surface area contributed by atoms with Crippen LogP contribution < -0.4 is 0 Å². The van der Waals surface area contributed by atoms with E-state index in [0.717, 1.165) is 11.6 Å². The molecule has 0 spiro atoms. The SMILES string of the molecule is Fc1ccc([C@@]2(Cn3[nH]cnc3=S)O[C@@H]2c2ccsc2Cl)c(F)c1. The fraction of sp³-hybridized carbons (Fsp3) is 0.200. The molecule has 3 aromatic rings. The van der Waals surface area contributed by atoms with Gasteiger partial charge in [-0.15, -0.1) is 11.3 Å². The Morgan fingerprint density at radius 1 is 1.42 bits per heavy atom. The molecule has 1 aromatic carbocycles. The summed E-state index contributed by atoms with van der Waals surface area (Å²) in [5, 5.41) is 4.72. The minimum absolute atomic E-state index is 0.214. The van der Waals surface area contributed by atoms with Crippen molar-refractivity contribution in [2.45, 2.75) is 18.2 Å². The first kappa shape index (κ1) is 15.9. The molecule has 4 nitrogen and oxygen atoms in total. The maximum atomic E-state index is 14.4. The number of epoxide rings is 1. The molecule has 2 aromatic heterocycles. The normalized spacial score (nSPS) is 22.7. The Balaban J connectivity index is 1.81. The molecule has 0 aliphatic carbocycles. The van der Waals surface area contributed by atoms with Crippen LogP contribution in [-0.2, 0) is 16.9 Å². The molecule has 0 amide bonds. The Labute approximate surface area is 149 Å². The van der Waals surface area contributed by atoms with Gasteiger partial charge in [0.2, 0.25) is 4.77 Å². The van der Waals surface area contributed by atoms with E-state index in [-0.39, 0.29) is 12.1 Å². The van der Waals surface area contributed by atoms with E-state index in [1.165, 1.54) is 29.8 Å². The number of H-pyrrole nitrogens is 1. The molecule has 1 fully saturated rings. The Morgan fingerprint density at radius 3 is 2.88 bits per heavy atom. The maximum Gasteiger partial charge on any atom is 0.215 e. The summed E-state index contributed by atoms with van der Waals surface area (Å²) < 4.78 is 36.1. The van der Waals surface area contributed by atoms with Crippen LogP contribution in [0.5, 0.6) is 0 Å². The topological polar surface area (TPSA) is 46.1 Å². The fourth-order valence-corrected chi connectivity index (χ4v) is 3.98. The molecule has 9 heteroatoms. The summed E-state index contributed by atoms with van der Waals surface area (Å²) in [6.45, 7) is 0.214. The van der Waals surface area contributed by atoms with E-state index in [4.69, 9.17) is 28.6 Å². The summed E-state index contributed by atoms with van der Waals surface area (Å²) in [5.74, 6) is -1.31. The molecule has 2 atom stereocenters. The molecule has 1 aliphatic heterocycles. The Kier molecular flexibility index (Phi) is 3.80. The monoisotopic (exact) mass is 385 g/mol. The standard InChI is InChI=1S/C15H10ClF2N3OS2/c16-13-9(3-4-24-13)12-15(22-12,6-21-14(23)19-7-20-21)10-2-1-8(17)5-11(10)18/h1-5,7,12H,6H2,(H,19,20,23)/t12-,15-/m1/s1. The van der Waals surface area contributed by atoms with Crippen LogP contribution in [0.2, 0.25) is 4.34 Å². The molecule has 124 valence electrons. The summed E-state index contributed by atoms with van der Waals surface area (Å²) in [5.41, 5.74) is 0.0110. The van der Waals surface area contributed by atoms with Crippen LogP contribution in [0.4, 0.5) is 8.78 Å².